The highest BCUT2D eigenvalue weighted by Crippen LogP contribution is 2.22. The minimum Gasteiger partial charge on any atom is -0.459 e. The van der Waals surface area contributed by atoms with E-state index in [1.807, 2.05) is 54.6 Å². The number of aryl methyl sites for hydroxylation is 1. The molecule has 138 valence electrons. The van der Waals surface area contributed by atoms with Crippen molar-refractivity contribution in [2.45, 2.75) is 31.8 Å². The van der Waals surface area contributed by atoms with Crippen LogP contribution in [0.1, 0.15) is 24.8 Å². The van der Waals surface area contributed by atoms with Crippen molar-refractivity contribution in [3.63, 3.8) is 0 Å². The summed E-state index contributed by atoms with van der Waals surface area (Å²) >= 11 is 0. The van der Waals surface area contributed by atoms with Gasteiger partial charge in [0, 0.05) is 25.3 Å². The van der Waals surface area contributed by atoms with E-state index in [2.05, 4.69) is 0 Å². The van der Waals surface area contributed by atoms with E-state index >= 15 is 0 Å². The Labute approximate surface area is 159 Å². The summed E-state index contributed by atoms with van der Waals surface area (Å²) in [5.74, 6) is 1.28. The van der Waals surface area contributed by atoms with Crippen LogP contribution in [0.4, 0.5) is 0 Å². The fourth-order valence-corrected chi connectivity index (χ4v) is 2.80. The summed E-state index contributed by atoms with van der Waals surface area (Å²) in [4.78, 5) is 23.2. The first-order chi connectivity index (χ1) is 13.2. The van der Waals surface area contributed by atoms with Crippen LogP contribution < -0.4 is 4.74 Å². The van der Waals surface area contributed by atoms with Gasteiger partial charge in [0.05, 0.1) is 0 Å². The Morgan fingerprint density at radius 3 is 2.74 bits per heavy atom. The number of ketones is 1. The largest absolute Gasteiger partial charge is 0.459 e. The minimum absolute atomic E-state index is 0.0575. The van der Waals surface area contributed by atoms with Crippen molar-refractivity contribution in [2.24, 2.45) is 0 Å². The van der Waals surface area contributed by atoms with E-state index in [9.17, 15) is 9.59 Å². The van der Waals surface area contributed by atoms with Gasteiger partial charge in [-0.2, -0.15) is 0 Å². The van der Waals surface area contributed by atoms with Gasteiger partial charge in [0.2, 0.25) is 0 Å². The van der Waals surface area contributed by atoms with Gasteiger partial charge in [-0.1, -0.05) is 42.5 Å². The zero-order valence-corrected chi connectivity index (χ0v) is 15.0. The number of hydrogen-bond acceptors (Lipinski definition) is 4. The molecule has 1 atom stereocenters. The van der Waals surface area contributed by atoms with Gasteiger partial charge in [0.25, 0.3) is 0 Å². The molecule has 0 unspecified atom stereocenters. The molecule has 0 N–H and O–H groups in total. The Kier molecular flexibility index (Phi) is 6.58. The van der Waals surface area contributed by atoms with E-state index in [0.717, 1.165) is 17.1 Å². The summed E-state index contributed by atoms with van der Waals surface area (Å²) < 4.78 is 11.0. The molecule has 0 aliphatic carbocycles. The van der Waals surface area contributed by atoms with Crippen molar-refractivity contribution in [3.05, 3.63) is 84.5 Å². The Balaban J connectivity index is 1.46. The zero-order chi connectivity index (χ0) is 18.9. The molecule has 0 aromatic heterocycles. The maximum atomic E-state index is 12.1. The molecule has 27 heavy (non-hydrogen) atoms. The SMILES string of the molecule is O=C(/C=C/C[C@H]1CC=CC(=O)O1)CCc1cccc(Oc2ccccc2)c1. The van der Waals surface area contributed by atoms with E-state index in [-0.39, 0.29) is 17.9 Å². The maximum absolute atomic E-state index is 12.1. The van der Waals surface area contributed by atoms with Crippen LogP contribution in [-0.2, 0) is 20.7 Å². The van der Waals surface area contributed by atoms with Crippen molar-refractivity contribution >= 4 is 11.8 Å². The van der Waals surface area contributed by atoms with Crippen LogP contribution in [0.25, 0.3) is 0 Å². The van der Waals surface area contributed by atoms with E-state index in [0.29, 0.717) is 25.7 Å². The molecule has 0 saturated carbocycles. The first-order valence-electron chi connectivity index (χ1n) is 9.07. The summed E-state index contributed by atoms with van der Waals surface area (Å²) in [6.07, 6.45) is 8.76. The van der Waals surface area contributed by atoms with Crippen LogP contribution in [0.15, 0.2) is 78.9 Å². The first kappa shape index (κ1) is 18.6. The highest BCUT2D eigenvalue weighted by atomic mass is 16.5. The number of cyclic esters (lactones) is 1. The highest BCUT2D eigenvalue weighted by molar-refractivity contribution is 5.89. The average Bonchev–Trinajstić information content (AvgIpc) is 2.68. The molecule has 1 aliphatic heterocycles. The quantitative estimate of drug-likeness (QED) is 0.500. The van der Waals surface area contributed by atoms with Gasteiger partial charge < -0.3 is 9.47 Å². The highest BCUT2D eigenvalue weighted by Gasteiger charge is 2.14. The summed E-state index contributed by atoms with van der Waals surface area (Å²) in [7, 11) is 0. The fraction of sp³-hybridized carbons (Fsp3) is 0.217. The van der Waals surface area contributed by atoms with Crippen molar-refractivity contribution < 1.29 is 19.1 Å². The van der Waals surface area contributed by atoms with Crippen LogP contribution in [0.2, 0.25) is 0 Å². The molecule has 4 nitrogen and oxygen atoms in total. The smallest absolute Gasteiger partial charge is 0.330 e. The predicted octanol–water partition coefficient (Wildman–Crippen LogP) is 4.80. The predicted molar refractivity (Wildman–Crippen MR) is 104 cm³/mol. The summed E-state index contributed by atoms with van der Waals surface area (Å²) in [5.41, 5.74) is 1.05. The molecule has 4 heteroatoms. The Bertz CT molecular complexity index is 836. The lowest BCUT2D eigenvalue weighted by Crippen LogP contribution is -2.19. The van der Waals surface area contributed by atoms with Crippen molar-refractivity contribution in [1.29, 1.82) is 0 Å². The van der Waals surface area contributed by atoms with E-state index in [4.69, 9.17) is 9.47 Å². The zero-order valence-electron chi connectivity index (χ0n) is 15.0. The second kappa shape index (κ2) is 9.53. The summed E-state index contributed by atoms with van der Waals surface area (Å²) in [6, 6.07) is 17.4. The van der Waals surface area contributed by atoms with Gasteiger partial charge in [0.1, 0.15) is 17.6 Å². The molecular weight excluding hydrogens is 340 g/mol. The maximum Gasteiger partial charge on any atom is 0.330 e. The van der Waals surface area contributed by atoms with E-state index in [1.54, 1.807) is 18.2 Å². The molecule has 0 fully saturated rings. The van der Waals surface area contributed by atoms with Crippen LogP contribution >= 0.6 is 0 Å². The third-order valence-corrected chi connectivity index (χ3v) is 4.18. The monoisotopic (exact) mass is 362 g/mol. The molecule has 0 amide bonds. The number of carbonyl (C=O) groups is 2. The molecule has 2 aromatic carbocycles. The molecule has 2 aromatic rings. The topological polar surface area (TPSA) is 52.6 Å². The average molecular weight is 362 g/mol. The molecule has 1 heterocycles. The third-order valence-electron chi connectivity index (χ3n) is 4.18. The molecule has 0 spiro atoms. The number of benzene rings is 2. The standard InChI is InChI=1S/C23H22O4/c24-19(8-5-11-21-12-6-14-23(25)27-21)16-15-18-7-4-13-22(17-18)26-20-9-2-1-3-10-20/h1-10,13-14,17,21H,11-12,15-16H2/b8-5+/t21-/m0/s1. The first-order valence-corrected chi connectivity index (χ1v) is 9.07. The van der Waals surface area contributed by atoms with Crippen molar-refractivity contribution in [3.8, 4) is 11.5 Å². The molecule has 0 bridgehead atoms. The number of ether oxygens (including phenoxy) is 2. The van der Waals surface area contributed by atoms with Crippen molar-refractivity contribution in [2.75, 3.05) is 0 Å². The van der Waals surface area contributed by atoms with Gasteiger partial charge in [0.15, 0.2) is 5.78 Å². The van der Waals surface area contributed by atoms with Gasteiger partial charge in [-0.3, -0.25) is 4.79 Å². The number of esters is 1. The number of rotatable bonds is 8. The normalized spacial score (nSPS) is 16.3. The summed E-state index contributed by atoms with van der Waals surface area (Å²) in [6.45, 7) is 0. The van der Waals surface area contributed by atoms with E-state index in [1.165, 1.54) is 6.08 Å². The second-order valence-electron chi connectivity index (χ2n) is 6.36. The van der Waals surface area contributed by atoms with Crippen molar-refractivity contribution in [1.82, 2.24) is 0 Å². The van der Waals surface area contributed by atoms with Crippen LogP contribution in [0.3, 0.4) is 0 Å². The third kappa shape index (κ3) is 6.26. The second-order valence-corrected chi connectivity index (χ2v) is 6.36. The molecule has 3 rings (SSSR count). The van der Waals surface area contributed by atoms with Crippen LogP contribution in [0, 0.1) is 0 Å². The number of hydrogen-bond donors (Lipinski definition) is 0. The molecule has 1 aliphatic rings. The van der Waals surface area contributed by atoms with Crippen LogP contribution in [-0.4, -0.2) is 17.9 Å². The summed E-state index contributed by atoms with van der Waals surface area (Å²) in [5, 5.41) is 0. The number of allylic oxidation sites excluding steroid dienone is 1. The lowest BCUT2D eigenvalue weighted by molar-refractivity contribution is -0.143. The lowest BCUT2D eigenvalue weighted by atomic mass is 10.1. The molecular formula is C23H22O4. The van der Waals surface area contributed by atoms with Gasteiger partial charge in [-0.05, 0) is 42.3 Å². The Morgan fingerprint density at radius 1 is 1.11 bits per heavy atom. The lowest BCUT2D eigenvalue weighted by Gasteiger charge is -2.16. The van der Waals surface area contributed by atoms with Gasteiger partial charge >= 0.3 is 5.97 Å². The number of carbonyl (C=O) groups excluding carboxylic acids is 2. The fourth-order valence-electron chi connectivity index (χ4n) is 2.80. The molecule has 0 radical (unpaired) electrons. The molecule has 0 saturated heterocycles. The van der Waals surface area contributed by atoms with Gasteiger partial charge in [-0.25, -0.2) is 4.79 Å². The van der Waals surface area contributed by atoms with Crippen LogP contribution in [0.5, 0.6) is 11.5 Å². The Hall–Kier alpha value is -3.14. The Morgan fingerprint density at radius 2 is 1.93 bits per heavy atom. The number of para-hydroxylation sites is 1. The van der Waals surface area contributed by atoms with E-state index < -0.39 is 0 Å². The van der Waals surface area contributed by atoms with Gasteiger partial charge in [-0.15, -0.1) is 0 Å². The minimum atomic E-state index is -0.316.